The van der Waals surface area contributed by atoms with E-state index in [-0.39, 0.29) is 6.04 Å². The lowest BCUT2D eigenvalue weighted by Gasteiger charge is -2.21. The standard InChI is InChI=1S/C15H24N2S/c1-3-14(16)13-9-10-15(17-11(13)2)18-12-7-5-4-6-8-12/h9-10,12,14H,3-8,16H2,1-2H3/t14-/m1/s1. The van der Waals surface area contributed by atoms with Crippen LogP contribution in [-0.2, 0) is 0 Å². The third-order valence-corrected chi connectivity index (χ3v) is 5.05. The van der Waals surface area contributed by atoms with Crippen LogP contribution in [0.3, 0.4) is 0 Å². The summed E-state index contributed by atoms with van der Waals surface area (Å²) in [6.45, 7) is 4.20. The zero-order valence-electron chi connectivity index (χ0n) is 11.5. The topological polar surface area (TPSA) is 38.9 Å². The van der Waals surface area contributed by atoms with Gasteiger partial charge >= 0.3 is 0 Å². The van der Waals surface area contributed by atoms with Crippen LogP contribution < -0.4 is 5.73 Å². The Hall–Kier alpha value is -0.540. The largest absolute Gasteiger partial charge is 0.324 e. The molecule has 1 atom stereocenters. The van der Waals surface area contributed by atoms with E-state index in [9.17, 15) is 0 Å². The van der Waals surface area contributed by atoms with Gasteiger partial charge in [-0.2, -0.15) is 0 Å². The van der Waals surface area contributed by atoms with Crippen LogP contribution in [0.4, 0.5) is 0 Å². The highest BCUT2D eigenvalue weighted by Crippen LogP contribution is 2.33. The molecule has 1 heterocycles. The number of aromatic nitrogens is 1. The van der Waals surface area contributed by atoms with Crippen LogP contribution in [-0.4, -0.2) is 10.2 Å². The van der Waals surface area contributed by atoms with Gasteiger partial charge in [-0.15, -0.1) is 11.8 Å². The molecule has 1 aliphatic rings. The number of pyridine rings is 1. The van der Waals surface area contributed by atoms with E-state index in [1.165, 1.54) is 42.7 Å². The highest BCUT2D eigenvalue weighted by molar-refractivity contribution is 7.99. The van der Waals surface area contributed by atoms with Crippen LogP contribution in [0.25, 0.3) is 0 Å². The van der Waals surface area contributed by atoms with E-state index in [4.69, 9.17) is 10.7 Å². The van der Waals surface area contributed by atoms with E-state index in [0.717, 1.165) is 17.4 Å². The lowest BCUT2D eigenvalue weighted by Crippen LogP contribution is -2.12. The Balaban J connectivity index is 2.03. The Morgan fingerprint density at radius 2 is 2.06 bits per heavy atom. The molecule has 2 rings (SSSR count). The van der Waals surface area contributed by atoms with Gasteiger partial charge in [0.05, 0.1) is 5.03 Å². The molecule has 3 heteroatoms. The lowest BCUT2D eigenvalue weighted by atomic mass is 10.0. The molecule has 100 valence electrons. The van der Waals surface area contributed by atoms with Gasteiger partial charge in [-0.1, -0.05) is 32.3 Å². The summed E-state index contributed by atoms with van der Waals surface area (Å²) in [5.41, 5.74) is 8.38. The summed E-state index contributed by atoms with van der Waals surface area (Å²) < 4.78 is 0. The van der Waals surface area contributed by atoms with Gasteiger partial charge in [-0.3, -0.25) is 0 Å². The number of hydrogen-bond donors (Lipinski definition) is 1. The third kappa shape index (κ3) is 3.48. The summed E-state index contributed by atoms with van der Waals surface area (Å²) in [7, 11) is 0. The molecule has 18 heavy (non-hydrogen) atoms. The van der Waals surface area contributed by atoms with Gasteiger partial charge in [0.25, 0.3) is 0 Å². The first-order valence-corrected chi connectivity index (χ1v) is 7.98. The van der Waals surface area contributed by atoms with Crippen molar-refractivity contribution in [2.45, 2.75) is 68.7 Å². The number of nitrogens with two attached hydrogens (primary N) is 1. The minimum absolute atomic E-state index is 0.131. The molecule has 1 aromatic heterocycles. The fourth-order valence-corrected chi connectivity index (χ4v) is 3.83. The minimum atomic E-state index is 0.131. The monoisotopic (exact) mass is 264 g/mol. The average molecular weight is 264 g/mol. The van der Waals surface area contributed by atoms with Crippen molar-refractivity contribution in [1.82, 2.24) is 4.98 Å². The Kier molecular flexibility index (Phi) is 5.07. The van der Waals surface area contributed by atoms with Crippen LogP contribution >= 0.6 is 11.8 Å². The summed E-state index contributed by atoms with van der Waals surface area (Å²) in [5.74, 6) is 0. The first-order valence-electron chi connectivity index (χ1n) is 7.10. The summed E-state index contributed by atoms with van der Waals surface area (Å²) in [5, 5.41) is 1.95. The van der Waals surface area contributed by atoms with Crippen molar-refractivity contribution in [2.24, 2.45) is 5.73 Å². The van der Waals surface area contributed by atoms with Crippen LogP contribution in [0.2, 0.25) is 0 Å². The highest BCUT2D eigenvalue weighted by atomic mass is 32.2. The molecular formula is C15H24N2S. The van der Waals surface area contributed by atoms with Crippen molar-refractivity contribution in [1.29, 1.82) is 0 Å². The maximum absolute atomic E-state index is 6.08. The molecule has 2 nitrogen and oxygen atoms in total. The first kappa shape index (κ1) is 13.9. The normalized spacial score (nSPS) is 18.8. The molecule has 1 aliphatic carbocycles. The predicted octanol–water partition coefficient (Wildman–Crippen LogP) is 4.22. The molecule has 0 radical (unpaired) electrons. The zero-order valence-corrected chi connectivity index (χ0v) is 12.3. The maximum Gasteiger partial charge on any atom is 0.0965 e. The smallest absolute Gasteiger partial charge is 0.0965 e. The summed E-state index contributed by atoms with van der Waals surface area (Å²) >= 11 is 1.95. The van der Waals surface area contributed by atoms with E-state index < -0.39 is 0 Å². The maximum atomic E-state index is 6.08. The van der Waals surface area contributed by atoms with Crippen LogP contribution in [0.15, 0.2) is 17.2 Å². The molecule has 0 unspecified atom stereocenters. The predicted molar refractivity (Wildman–Crippen MR) is 78.9 cm³/mol. The molecule has 1 fully saturated rings. The van der Waals surface area contributed by atoms with Crippen molar-refractivity contribution in [2.75, 3.05) is 0 Å². The minimum Gasteiger partial charge on any atom is -0.324 e. The van der Waals surface area contributed by atoms with Gasteiger partial charge in [0, 0.05) is 17.0 Å². The summed E-state index contributed by atoms with van der Waals surface area (Å²) in [4.78, 5) is 4.72. The van der Waals surface area contributed by atoms with Crippen molar-refractivity contribution in [3.63, 3.8) is 0 Å². The fraction of sp³-hybridized carbons (Fsp3) is 0.667. The Morgan fingerprint density at radius 3 is 2.67 bits per heavy atom. The van der Waals surface area contributed by atoms with E-state index in [1.807, 2.05) is 11.8 Å². The molecule has 0 aromatic carbocycles. The number of rotatable bonds is 4. The summed E-state index contributed by atoms with van der Waals surface area (Å²) in [6.07, 6.45) is 7.85. The fourth-order valence-electron chi connectivity index (χ4n) is 2.58. The van der Waals surface area contributed by atoms with E-state index >= 15 is 0 Å². The van der Waals surface area contributed by atoms with E-state index in [0.29, 0.717) is 0 Å². The molecule has 0 amide bonds. The molecule has 0 spiro atoms. The van der Waals surface area contributed by atoms with Gasteiger partial charge in [-0.25, -0.2) is 4.98 Å². The highest BCUT2D eigenvalue weighted by Gasteiger charge is 2.16. The van der Waals surface area contributed by atoms with E-state index in [1.54, 1.807) is 0 Å². The molecular weight excluding hydrogens is 240 g/mol. The number of aryl methyl sites for hydroxylation is 1. The number of thioether (sulfide) groups is 1. The van der Waals surface area contributed by atoms with Gasteiger partial charge in [0.15, 0.2) is 0 Å². The zero-order chi connectivity index (χ0) is 13.0. The lowest BCUT2D eigenvalue weighted by molar-refractivity contribution is 0.515. The molecule has 0 saturated heterocycles. The molecule has 0 aliphatic heterocycles. The molecule has 0 bridgehead atoms. The van der Waals surface area contributed by atoms with Crippen molar-refractivity contribution >= 4 is 11.8 Å². The molecule has 1 aromatic rings. The Bertz CT molecular complexity index is 386. The van der Waals surface area contributed by atoms with Gasteiger partial charge in [0.1, 0.15) is 0 Å². The van der Waals surface area contributed by atoms with Gasteiger partial charge in [-0.05, 0) is 37.8 Å². The second-order valence-corrected chi connectivity index (χ2v) is 6.54. The Labute approximate surface area is 115 Å². The van der Waals surface area contributed by atoms with E-state index in [2.05, 4.69) is 26.0 Å². The number of nitrogens with zero attached hydrogens (tertiary/aromatic N) is 1. The summed E-state index contributed by atoms with van der Waals surface area (Å²) in [6, 6.07) is 4.45. The SMILES string of the molecule is CC[C@@H](N)c1ccc(SC2CCCCC2)nc1C. The van der Waals surface area contributed by atoms with Crippen molar-refractivity contribution in [3.8, 4) is 0 Å². The van der Waals surface area contributed by atoms with Crippen molar-refractivity contribution < 1.29 is 0 Å². The third-order valence-electron chi connectivity index (χ3n) is 3.78. The van der Waals surface area contributed by atoms with Crippen LogP contribution in [0.1, 0.15) is 62.7 Å². The van der Waals surface area contributed by atoms with Crippen LogP contribution in [0, 0.1) is 6.92 Å². The van der Waals surface area contributed by atoms with Gasteiger partial charge in [0.2, 0.25) is 0 Å². The second kappa shape index (κ2) is 6.58. The average Bonchev–Trinajstić information content (AvgIpc) is 2.39. The molecule has 1 saturated carbocycles. The second-order valence-electron chi connectivity index (χ2n) is 5.22. The van der Waals surface area contributed by atoms with Crippen molar-refractivity contribution in [3.05, 3.63) is 23.4 Å². The Morgan fingerprint density at radius 1 is 1.33 bits per heavy atom. The molecule has 2 N–H and O–H groups in total. The van der Waals surface area contributed by atoms with Crippen LogP contribution in [0.5, 0.6) is 0 Å². The van der Waals surface area contributed by atoms with Gasteiger partial charge < -0.3 is 5.73 Å². The quantitative estimate of drug-likeness (QED) is 0.884. The number of hydrogen-bond acceptors (Lipinski definition) is 3. The first-order chi connectivity index (χ1) is 8.70.